The second-order valence-corrected chi connectivity index (χ2v) is 8.41. The molecule has 1 saturated heterocycles. The molecule has 172 valence electrons. The van der Waals surface area contributed by atoms with E-state index in [2.05, 4.69) is 32.7 Å². The van der Waals surface area contributed by atoms with Gasteiger partial charge in [0.15, 0.2) is 11.8 Å². The highest BCUT2D eigenvalue weighted by Crippen LogP contribution is 2.33. The third-order valence-electron chi connectivity index (χ3n) is 6.44. The van der Waals surface area contributed by atoms with Crippen molar-refractivity contribution in [2.75, 3.05) is 39.4 Å². The summed E-state index contributed by atoms with van der Waals surface area (Å²) >= 11 is 0. The van der Waals surface area contributed by atoms with Crippen molar-refractivity contribution < 1.29 is 4.74 Å². The second kappa shape index (κ2) is 12.8. The molecule has 0 spiro atoms. The van der Waals surface area contributed by atoms with E-state index in [0.717, 1.165) is 63.4 Å². The molecule has 30 heavy (non-hydrogen) atoms. The number of ether oxygens (including phenoxy) is 1. The molecule has 9 heteroatoms. The molecule has 1 saturated carbocycles. The van der Waals surface area contributed by atoms with Crippen molar-refractivity contribution in [2.24, 2.45) is 12.0 Å². The van der Waals surface area contributed by atoms with Crippen LogP contribution in [0.15, 0.2) is 4.99 Å². The highest BCUT2D eigenvalue weighted by atomic mass is 127. The summed E-state index contributed by atoms with van der Waals surface area (Å²) in [5.41, 5.74) is 0.219. The second-order valence-electron chi connectivity index (χ2n) is 8.41. The SMILES string of the molecule is CCCCNC(=NCc1nnc(C)n1C)NCC1(N2CCOCC2)CCCCC1.I. The maximum atomic E-state index is 5.61. The van der Waals surface area contributed by atoms with Crippen LogP contribution < -0.4 is 10.6 Å². The molecular formula is C21H40IN7O. The molecule has 0 aromatic carbocycles. The van der Waals surface area contributed by atoms with Gasteiger partial charge in [-0.1, -0.05) is 32.6 Å². The van der Waals surface area contributed by atoms with E-state index >= 15 is 0 Å². The van der Waals surface area contributed by atoms with E-state index < -0.39 is 0 Å². The number of aryl methyl sites for hydroxylation is 1. The normalized spacial score (nSPS) is 19.9. The number of hydrogen-bond acceptors (Lipinski definition) is 5. The van der Waals surface area contributed by atoms with Gasteiger partial charge >= 0.3 is 0 Å². The molecule has 2 aliphatic rings. The summed E-state index contributed by atoms with van der Waals surface area (Å²) in [5, 5.41) is 15.6. The van der Waals surface area contributed by atoms with Crippen molar-refractivity contribution in [1.82, 2.24) is 30.3 Å². The maximum Gasteiger partial charge on any atom is 0.191 e. The quantitative estimate of drug-likeness (QED) is 0.232. The third kappa shape index (κ3) is 6.78. The fourth-order valence-electron chi connectivity index (χ4n) is 4.40. The highest BCUT2D eigenvalue weighted by Gasteiger charge is 2.38. The number of aliphatic imine (C=N–C) groups is 1. The van der Waals surface area contributed by atoms with E-state index in [0.29, 0.717) is 6.54 Å². The summed E-state index contributed by atoms with van der Waals surface area (Å²) in [7, 11) is 1.99. The van der Waals surface area contributed by atoms with Crippen LogP contribution in [-0.4, -0.2) is 70.6 Å². The van der Waals surface area contributed by atoms with Crippen LogP contribution in [0.2, 0.25) is 0 Å². The Labute approximate surface area is 198 Å². The van der Waals surface area contributed by atoms with Gasteiger partial charge in [-0.3, -0.25) is 4.90 Å². The number of unbranched alkanes of at least 4 members (excludes halogenated alkanes) is 1. The monoisotopic (exact) mass is 533 g/mol. The first kappa shape index (κ1) is 25.3. The number of nitrogens with zero attached hydrogens (tertiary/aromatic N) is 5. The molecule has 1 aromatic heterocycles. The molecule has 1 aliphatic heterocycles. The highest BCUT2D eigenvalue weighted by molar-refractivity contribution is 14.0. The molecule has 1 aromatic rings. The lowest BCUT2D eigenvalue weighted by Gasteiger charge is -2.48. The van der Waals surface area contributed by atoms with Gasteiger partial charge in [-0.05, 0) is 26.2 Å². The lowest BCUT2D eigenvalue weighted by atomic mass is 9.80. The Morgan fingerprint density at radius 1 is 1.13 bits per heavy atom. The Balaban J connectivity index is 0.00000320. The molecule has 8 nitrogen and oxygen atoms in total. The first-order chi connectivity index (χ1) is 14.1. The van der Waals surface area contributed by atoms with Crippen molar-refractivity contribution in [1.29, 1.82) is 0 Å². The zero-order valence-corrected chi connectivity index (χ0v) is 21.3. The van der Waals surface area contributed by atoms with Crippen LogP contribution >= 0.6 is 24.0 Å². The summed E-state index contributed by atoms with van der Waals surface area (Å²) < 4.78 is 7.62. The molecule has 0 unspecified atom stereocenters. The number of morpholine rings is 1. The van der Waals surface area contributed by atoms with E-state index in [4.69, 9.17) is 9.73 Å². The van der Waals surface area contributed by atoms with Crippen molar-refractivity contribution in [3.8, 4) is 0 Å². The van der Waals surface area contributed by atoms with Gasteiger partial charge in [-0.15, -0.1) is 34.2 Å². The number of nitrogens with one attached hydrogen (secondary N) is 2. The van der Waals surface area contributed by atoms with E-state index in [9.17, 15) is 0 Å². The van der Waals surface area contributed by atoms with Crippen molar-refractivity contribution in [3.05, 3.63) is 11.6 Å². The molecule has 0 bridgehead atoms. The molecule has 0 atom stereocenters. The van der Waals surface area contributed by atoms with Crippen LogP contribution in [0.4, 0.5) is 0 Å². The van der Waals surface area contributed by atoms with E-state index in [-0.39, 0.29) is 29.5 Å². The molecule has 1 aliphatic carbocycles. The standard InChI is InChI=1S/C21H39N7O.HI/c1-4-5-11-22-20(23-16-19-26-25-18(2)27(19)3)24-17-21(9-7-6-8-10-21)28-12-14-29-15-13-28;/h4-17H2,1-3H3,(H2,22,23,24);1H. The summed E-state index contributed by atoms with van der Waals surface area (Å²) in [5.74, 6) is 2.69. The Kier molecular flexibility index (Phi) is 10.8. The number of halogens is 1. The van der Waals surface area contributed by atoms with Crippen LogP contribution in [0.1, 0.15) is 63.5 Å². The average molecular weight is 534 g/mol. The molecular weight excluding hydrogens is 493 g/mol. The summed E-state index contributed by atoms with van der Waals surface area (Å²) in [6.07, 6.45) is 8.79. The Morgan fingerprint density at radius 3 is 2.50 bits per heavy atom. The smallest absolute Gasteiger partial charge is 0.191 e. The minimum absolute atomic E-state index is 0. The fraction of sp³-hybridized carbons (Fsp3) is 0.857. The molecule has 2 fully saturated rings. The summed E-state index contributed by atoms with van der Waals surface area (Å²) in [6, 6.07) is 0. The molecule has 0 radical (unpaired) electrons. The summed E-state index contributed by atoms with van der Waals surface area (Å²) in [4.78, 5) is 7.49. The molecule has 2 heterocycles. The van der Waals surface area contributed by atoms with E-state index in [1.54, 1.807) is 0 Å². The van der Waals surface area contributed by atoms with Gasteiger partial charge in [-0.2, -0.15) is 0 Å². The third-order valence-corrected chi connectivity index (χ3v) is 6.44. The van der Waals surface area contributed by atoms with Gasteiger partial charge in [-0.25, -0.2) is 4.99 Å². The Morgan fingerprint density at radius 2 is 1.87 bits per heavy atom. The molecule has 2 N–H and O–H groups in total. The van der Waals surface area contributed by atoms with Gasteiger partial charge in [0.1, 0.15) is 12.4 Å². The molecule has 3 rings (SSSR count). The number of aromatic nitrogens is 3. The van der Waals surface area contributed by atoms with E-state index in [1.807, 2.05) is 18.5 Å². The Hall–Kier alpha value is -0.940. The topological polar surface area (TPSA) is 79.6 Å². The summed E-state index contributed by atoms with van der Waals surface area (Å²) in [6.45, 7) is 10.4. The number of rotatable bonds is 8. The lowest BCUT2D eigenvalue weighted by Crippen LogP contribution is -2.60. The van der Waals surface area contributed by atoms with Crippen LogP contribution in [0.3, 0.4) is 0 Å². The number of hydrogen-bond donors (Lipinski definition) is 2. The minimum Gasteiger partial charge on any atom is -0.379 e. The van der Waals surface area contributed by atoms with Gasteiger partial charge in [0.2, 0.25) is 0 Å². The predicted molar refractivity (Wildman–Crippen MR) is 131 cm³/mol. The fourth-order valence-corrected chi connectivity index (χ4v) is 4.40. The Bertz CT molecular complexity index is 652. The van der Waals surface area contributed by atoms with Crippen molar-refractivity contribution in [2.45, 2.75) is 70.9 Å². The number of guanidine groups is 1. The first-order valence-corrected chi connectivity index (χ1v) is 11.3. The largest absolute Gasteiger partial charge is 0.379 e. The predicted octanol–water partition coefficient (Wildman–Crippen LogP) is 2.61. The van der Waals surface area contributed by atoms with Gasteiger partial charge < -0.3 is 19.9 Å². The average Bonchev–Trinajstić information content (AvgIpc) is 3.09. The van der Waals surface area contributed by atoms with Crippen molar-refractivity contribution in [3.63, 3.8) is 0 Å². The first-order valence-electron chi connectivity index (χ1n) is 11.3. The van der Waals surface area contributed by atoms with Crippen LogP contribution in [0, 0.1) is 6.92 Å². The zero-order valence-electron chi connectivity index (χ0n) is 19.0. The van der Waals surface area contributed by atoms with Gasteiger partial charge in [0.05, 0.1) is 13.2 Å². The molecule has 0 amide bonds. The maximum absolute atomic E-state index is 5.61. The van der Waals surface area contributed by atoms with Crippen molar-refractivity contribution >= 4 is 29.9 Å². The lowest BCUT2D eigenvalue weighted by molar-refractivity contribution is -0.0352. The van der Waals surface area contributed by atoms with Crippen LogP contribution in [0.25, 0.3) is 0 Å². The zero-order chi connectivity index (χ0) is 20.5. The van der Waals surface area contributed by atoms with Crippen LogP contribution in [0.5, 0.6) is 0 Å². The van der Waals surface area contributed by atoms with Gasteiger partial charge in [0.25, 0.3) is 0 Å². The van der Waals surface area contributed by atoms with Gasteiger partial charge in [0, 0.05) is 38.8 Å². The van der Waals surface area contributed by atoms with Crippen LogP contribution in [-0.2, 0) is 18.3 Å². The minimum atomic E-state index is 0. The van der Waals surface area contributed by atoms with E-state index in [1.165, 1.54) is 38.5 Å².